The van der Waals surface area contributed by atoms with E-state index in [-0.39, 0.29) is 29.5 Å². The summed E-state index contributed by atoms with van der Waals surface area (Å²) in [5.41, 5.74) is 4.44. The molecular weight excluding hydrogens is 684 g/mol. The summed E-state index contributed by atoms with van der Waals surface area (Å²) in [6.07, 6.45) is -3.82. The number of aliphatic hydroxyl groups is 1. The number of rotatable bonds is 12. The third-order valence-corrected chi connectivity index (χ3v) is 10.5. The molecule has 1 aliphatic heterocycles. The first-order valence-corrected chi connectivity index (χ1v) is 18.3. The van der Waals surface area contributed by atoms with Crippen LogP contribution in [0.1, 0.15) is 33.9 Å². The number of hydrogen-bond acceptors (Lipinski definition) is 12. The first kappa shape index (κ1) is 36.1. The number of imidazole rings is 1. The molecule has 1 aliphatic rings. The van der Waals surface area contributed by atoms with E-state index in [2.05, 4.69) is 20.0 Å². The van der Waals surface area contributed by atoms with Crippen LogP contribution in [0.5, 0.6) is 5.75 Å². The number of ether oxygens (including phenoxy) is 2. The monoisotopic (exact) mass is 723 g/mol. The van der Waals surface area contributed by atoms with Crippen LogP contribution in [0.25, 0.3) is 21.9 Å². The number of esters is 1. The Bertz CT molecular complexity index is 1840. The van der Waals surface area contributed by atoms with Gasteiger partial charge in [-0.25, -0.2) is 14.5 Å². The normalized spacial score (nSPS) is 23.2. The third-order valence-electron chi connectivity index (χ3n) is 7.61. The van der Waals surface area contributed by atoms with Crippen LogP contribution in [0.2, 0.25) is 0 Å². The highest BCUT2D eigenvalue weighted by atomic mass is 35.5. The molecule has 260 valence electrons. The van der Waals surface area contributed by atoms with Gasteiger partial charge in [0.1, 0.15) is 23.5 Å². The van der Waals surface area contributed by atoms with Crippen molar-refractivity contribution < 1.29 is 32.8 Å². The summed E-state index contributed by atoms with van der Waals surface area (Å²) in [6.45, 7) is 3.40. The van der Waals surface area contributed by atoms with Gasteiger partial charge in [-0.05, 0) is 35.6 Å². The van der Waals surface area contributed by atoms with Crippen molar-refractivity contribution in [3.05, 3.63) is 48.8 Å². The highest BCUT2D eigenvalue weighted by Crippen LogP contribution is 2.50. The second-order valence-corrected chi connectivity index (χ2v) is 16.5. The molecule has 3 heterocycles. The molecule has 17 heteroatoms. The topological polar surface area (TPSA) is 159 Å². The number of nitrogens with zero attached hydrogens (tertiary/aromatic N) is 5. The first-order chi connectivity index (χ1) is 22.6. The predicted molar refractivity (Wildman–Crippen MR) is 186 cm³/mol. The van der Waals surface area contributed by atoms with E-state index >= 15 is 4.39 Å². The molecule has 2 aromatic heterocycles. The number of alkyl halides is 2. The number of benzene rings is 2. The number of nitrogens with two attached hydrogens (primary N) is 1. The Balaban J connectivity index is 1.44. The standard InChI is InChI=1S/C31H40ClFN7O6PS/c1-18(28(42)43-15-30(2,3)4)38-47(48,46-21-13-9-11-19-10-7-8-12-20(19)21)44-16-31(14-32)24(41)22(33)27(45-31)40-17-35-23-25(39(5)6)36-29(34)37-26(23)40/h7-13,17-18,22,24,27,41H,14-16H2,1-6H3,(H,38,48)(H2,34,36,37)/t18-,22+,24-,27+,31+,47-/m0/s1. The number of halogens is 2. The average Bonchev–Trinajstić information content (AvgIpc) is 3.56. The lowest BCUT2D eigenvalue weighted by Gasteiger charge is -2.33. The molecule has 0 bridgehead atoms. The van der Waals surface area contributed by atoms with Crippen molar-refractivity contribution in [2.45, 2.75) is 57.8 Å². The number of carbonyl (C=O) groups is 1. The molecule has 4 aromatic rings. The van der Waals surface area contributed by atoms with E-state index in [1.165, 1.54) is 10.9 Å². The van der Waals surface area contributed by atoms with Crippen molar-refractivity contribution in [2.24, 2.45) is 5.41 Å². The SMILES string of the molecule is C[C@H](N[P@](=S)(OC[C@@]1(CCl)O[C@@H](n2cnc3c(N(C)C)nc(N)nc32)[C@H](F)[C@@H]1O)Oc1cccc2ccccc12)C(=O)OCC(C)(C)C. The van der Waals surface area contributed by atoms with Gasteiger partial charge in [-0.2, -0.15) is 9.97 Å². The summed E-state index contributed by atoms with van der Waals surface area (Å²) < 4.78 is 41.6. The molecule has 0 radical (unpaired) electrons. The van der Waals surface area contributed by atoms with Crippen LogP contribution in [0.3, 0.4) is 0 Å². The second kappa shape index (κ2) is 14.0. The number of nitrogen functional groups attached to an aromatic ring is 1. The number of hydrogen-bond donors (Lipinski definition) is 3. The molecule has 5 rings (SSSR count). The van der Waals surface area contributed by atoms with E-state index in [1.807, 2.05) is 51.1 Å². The molecule has 2 aromatic carbocycles. The van der Waals surface area contributed by atoms with Crippen LogP contribution < -0.4 is 20.2 Å². The van der Waals surface area contributed by atoms with Gasteiger partial charge in [-0.1, -0.05) is 57.2 Å². The molecule has 6 atom stereocenters. The summed E-state index contributed by atoms with van der Waals surface area (Å²) in [4.78, 5) is 27.5. The van der Waals surface area contributed by atoms with Gasteiger partial charge in [0.05, 0.1) is 25.4 Å². The lowest BCUT2D eigenvalue weighted by molar-refractivity contribution is -0.148. The van der Waals surface area contributed by atoms with E-state index in [9.17, 15) is 9.90 Å². The second-order valence-electron chi connectivity index (χ2n) is 13.1. The summed E-state index contributed by atoms with van der Waals surface area (Å²) >= 11 is 12.4. The van der Waals surface area contributed by atoms with Crippen LogP contribution in [0.4, 0.5) is 16.2 Å². The molecule has 1 saturated heterocycles. The van der Waals surface area contributed by atoms with Gasteiger partial charge >= 0.3 is 12.6 Å². The van der Waals surface area contributed by atoms with Crippen molar-refractivity contribution in [1.82, 2.24) is 24.6 Å². The molecule has 0 aliphatic carbocycles. The lowest BCUT2D eigenvalue weighted by atomic mass is 9.99. The Morgan fingerprint density at radius 2 is 1.98 bits per heavy atom. The van der Waals surface area contributed by atoms with Crippen LogP contribution in [0, 0.1) is 5.41 Å². The van der Waals surface area contributed by atoms with Gasteiger partial charge in [-0.3, -0.25) is 9.36 Å². The minimum Gasteiger partial charge on any atom is -0.464 e. The zero-order chi connectivity index (χ0) is 35.0. The number of aromatic nitrogens is 4. The molecule has 0 saturated carbocycles. The number of fused-ring (bicyclic) bond motifs is 2. The van der Waals surface area contributed by atoms with Crippen molar-refractivity contribution in [3.63, 3.8) is 0 Å². The molecule has 1 fully saturated rings. The van der Waals surface area contributed by atoms with Crippen LogP contribution in [-0.4, -0.2) is 87.7 Å². The highest BCUT2D eigenvalue weighted by molar-refractivity contribution is 8.09. The van der Waals surface area contributed by atoms with Crippen molar-refractivity contribution in [1.29, 1.82) is 0 Å². The molecular formula is C31H40ClFN7O6PS. The summed E-state index contributed by atoms with van der Waals surface area (Å²) in [6, 6.07) is 12.0. The minimum absolute atomic E-state index is 0.0543. The lowest BCUT2D eigenvalue weighted by Crippen LogP contribution is -2.48. The highest BCUT2D eigenvalue weighted by Gasteiger charge is 2.57. The quantitative estimate of drug-likeness (QED) is 0.105. The maximum atomic E-state index is 16.0. The zero-order valence-electron chi connectivity index (χ0n) is 27.5. The molecule has 4 N–H and O–H groups in total. The smallest absolute Gasteiger partial charge is 0.323 e. The molecule has 0 amide bonds. The summed E-state index contributed by atoms with van der Waals surface area (Å²) in [5, 5.41) is 15.9. The number of carbonyl (C=O) groups excluding carboxylic acids is 1. The van der Waals surface area contributed by atoms with Crippen molar-refractivity contribution in [3.8, 4) is 5.75 Å². The molecule has 0 spiro atoms. The number of aliphatic hydroxyl groups excluding tert-OH is 1. The van der Waals surface area contributed by atoms with Crippen LogP contribution >= 0.6 is 18.2 Å². The van der Waals surface area contributed by atoms with E-state index in [1.54, 1.807) is 38.1 Å². The van der Waals surface area contributed by atoms with Gasteiger partial charge in [0.2, 0.25) is 5.95 Å². The summed E-state index contributed by atoms with van der Waals surface area (Å²) in [7, 11) is 3.51. The largest absolute Gasteiger partial charge is 0.464 e. The van der Waals surface area contributed by atoms with Gasteiger partial charge in [0.15, 0.2) is 29.4 Å². The fourth-order valence-corrected chi connectivity index (χ4v) is 7.85. The number of anilines is 2. The van der Waals surface area contributed by atoms with E-state index in [0.29, 0.717) is 17.1 Å². The molecule has 13 nitrogen and oxygen atoms in total. The van der Waals surface area contributed by atoms with E-state index in [4.69, 9.17) is 47.7 Å². The first-order valence-electron chi connectivity index (χ1n) is 15.2. The Hall–Kier alpha value is -3.17. The fourth-order valence-electron chi connectivity index (χ4n) is 5.11. The Morgan fingerprint density at radius 3 is 2.67 bits per heavy atom. The molecule has 0 unspecified atom stereocenters. The fraction of sp³-hybridized carbons (Fsp3) is 0.484. The van der Waals surface area contributed by atoms with Crippen LogP contribution in [0.15, 0.2) is 48.8 Å². The van der Waals surface area contributed by atoms with Crippen molar-refractivity contribution in [2.75, 3.05) is 43.8 Å². The zero-order valence-corrected chi connectivity index (χ0v) is 29.9. The Kier molecular flexibility index (Phi) is 10.5. The summed E-state index contributed by atoms with van der Waals surface area (Å²) in [5.74, 6) is -0.189. The van der Waals surface area contributed by atoms with E-state index < -0.39 is 49.4 Å². The van der Waals surface area contributed by atoms with Crippen molar-refractivity contribution >= 4 is 69.7 Å². The minimum atomic E-state index is -3.67. The predicted octanol–water partition coefficient (Wildman–Crippen LogP) is 4.72. The third kappa shape index (κ3) is 7.52. The van der Waals surface area contributed by atoms with Gasteiger partial charge < -0.3 is 34.3 Å². The van der Waals surface area contributed by atoms with Gasteiger partial charge in [0, 0.05) is 19.5 Å². The Morgan fingerprint density at radius 1 is 1.27 bits per heavy atom. The maximum Gasteiger partial charge on any atom is 0.323 e. The average molecular weight is 724 g/mol. The maximum absolute atomic E-state index is 16.0. The van der Waals surface area contributed by atoms with E-state index in [0.717, 1.165) is 10.8 Å². The van der Waals surface area contributed by atoms with Crippen LogP contribution in [-0.2, 0) is 30.6 Å². The number of nitrogens with one attached hydrogen (secondary N) is 1. The molecule has 48 heavy (non-hydrogen) atoms. The van der Waals surface area contributed by atoms with Gasteiger partial charge in [0.25, 0.3) is 0 Å². The van der Waals surface area contributed by atoms with Gasteiger partial charge in [-0.15, -0.1) is 11.6 Å². The Labute approximate surface area is 288 Å².